The Morgan fingerprint density at radius 2 is 1.61 bits per heavy atom. The molecular formula is C28H23N3. The number of aromatic amines is 1. The van der Waals surface area contributed by atoms with Gasteiger partial charge in [0.05, 0.1) is 17.4 Å². The van der Waals surface area contributed by atoms with Crippen molar-refractivity contribution in [2.24, 2.45) is 5.10 Å². The van der Waals surface area contributed by atoms with Crippen molar-refractivity contribution < 1.29 is 0 Å². The van der Waals surface area contributed by atoms with Crippen LogP contribution >= 0.6 is 0 Å². The number of para-hydroxylation sites is 2. The molecule has 5 aromatic rings. The fourth-order valence-electron chi connectivity index (χ4n) is 4.72. The summed E-state index contributed by atoms with van der Waals surface area (Å²) in [5.74, 6) is 0. The first kappa shape index (κ1) is 18.0. The summed E-state index contributed by atoms with van der Waals surface area (Å²) >= 11 is 0. The van der Waals surface area contributed by atoms with E-state index in [0.29, 0.717) is 0 Å². The first-order valence-electron chi connectivity index (χ1n) is 10.9. The molecular weight excluding hydrogens is 378 g/mol. The van der Waals surface area contributed by atoms with Gasteiger partial charge in [0.2, 0.25) is 0 Å². The van der Waals surface area contributed by atoms with Gasteiger partial charge in [0.25, 0.3) is 0 Å². The molecule has 0 fully saturated rings. The predicted octanol–water partition coefficient (Wildman–Crippen LogP) is 6.77. The maximum atomic E-state index is 4.93. The molecule has 1 aromatic heterocycles. The monoisotopic (exact) mass is 401 g/mol. The van der Waals surface area contributed by atoms with Crippen LogP contribution in [-0.2, 0) is 6.42 Å². The Labute approximate surface area is 181 Å². The van der Waals surface area contributed by atoms with Crippen molar-refractivity contribution in [3.8, 4) is 11.1 Å². The standard InChI is InChI=1S/C28H23N3/c1-2-9-20(10-3-1)23-17-16-22(27-24-13-5-6-14-25(24)30-28(23)27)19-29-31-18-8-12-21-11-4-7-15-26(21)31/h1-7,9-11,13-17,19,30H,8,12,18H2. The minimum Gasteiger partial charge on any atom is -0.354 e. The van der Waals surface area contributed by atoms with E-state index in [-0.39, 0.29) is 0 Å². The Kier molecular flexibility index (Phi) is 4.31. The summed E-state index contributed by atoms with van der Waals surface area (Å²) in [4.78, 5) is 3.66. The lowest BCUT2D eigenvalue weighted by molar-refractivity contribution is 0.717. The van der Waals surface area contributed by atoms with Crippen LogP contribution in [-0.4, -0.2) is 17.7 Å². The average molecular weight is 402 g/mol. The molecule has 0 atom stereocenters. The van der Waals surface area contributed by atoms with Gasteiger partial charge in [-0.15, -0.1) is 0 Å². The van der Waals surface area contributed by atoms with Gasteiger partial charge in [-0.2, -0.15) is 5.10 Å². The first-order chi connectivity index (χ1) is 15.4. The van der Waals surface area contributed by atoms with Gasteiger partial charge < -0.3 is 4.98 Å². The molecule has 0 aliphatic carbocycles. The minimum absolute atomic E-state index is 0.951. The van der Waals surface area contributed by atoms with Crippen LogP contribution in [0.15, 0.2) is 96.1 Å². The number of H-pyrrole nitrogens is 1. The number of aromatic nitrogens is 1. The summed E-state index contributed by atoms with van der Waals surface area (Å²) in [6, 6.07) is 32.1. The zero-order valence-corrected chi connectivity index (χ0v) is 17.3. The smallest absolute Gasteiger partial charge is 0.0625 e. The molecule has 6 rings (SSSR count). The van der Waals surface area contributed by atoms with E-state index >= 15 is 0 Å². The number of hydrogen-bond acceptors (Lipinski definition) is 2. The molecule has 0 bridgehead atoms. The van der Waals surface area contributed by atoms with Gasteiger partial charge in [0.1, 0.15) is 0 Å². The SMILES string of the molecule is C(=NN1CCCc2ccccc21)c1ccc(-c2ccccc2)c2[nH]c3ccccc3c12. The lowest BCUT2D eigenvalue weighted by Crippen LogP contribution is -2.24. The number of anilines is 1. The molecule has 0 unspecified atom stereocenters. The number of hydrogen-bond donors (Lipinski definition) is 1. The maximum absolute atomic E-state index is 4.93. The van der Waals surface area contributed by atoms with Crippen LogP contribution in [0.2, 0.25) is 0 Å². The Morgan fingerprint density at radius 3 is 2.55 bits per heavy atom. The van der Waals surface area contributed by atoms with E-state index < -0.39 is 0 Å². The molecule has 2 heterocycles. The molecule has 1 aliphatic rings. The highest BCUT2D eigenvalue weighted by molar-refractivity contribution is 6.18. The van der Waals surface area contributed by atoms with Gasteiger partial charge in [-0.25, -0.2) is 0 Å². The Hall–Kier alpha value is -3.85. The maximum Gasteiger partial charge on any atom is 0.0625 e. The van der Waals surface area contributed by atoms with Gasteiger partial charge in [-0.05, 0) is 36.1 Å². The number of benzene rings is 4. The zero-order chi connectivity index (χ0) is 20.6. The number of nitrogens with zero attached hydrogens (tertiary/aromatic N) is 2. The van der Waals surface area contributed by atoms with Gasteiger partial charge in [-0.1, -0.05) is 78.9 Å². The first-order valence-corrected chi connectivity index (χ1v) is 10.9. The summed E-state index contributed by atoms with van der Waals surface area (Å²) in [6.07, 6.45) is 4.28. The molecule has 3 heteroatoms. The molecule has 0 radical (unpaired) electrons. The lowest BCUT2D eigenvalue weighted by Gasteiger charge is -2.26. The van der Waals surface area contributed by atoms with E-state index in [2.05, 4.69) is 101 Å². The highest BCUT2D eigenvalue weighted by Gasteiger charge is 2.16. The van der Waals surface area contributed by atoms with Gasteiger partial charge in [0.15, 0.2) is 0 Å². The van der Waals surface area contributed by atoms with E-state index in [0.717, 1.165) is 36.0 Å². The van der Waals surface area contributed by atoms with Crippen LogP contribution < -0.4 is 5.01 Å². The van der Waals surface area contributed by atoms with E-state index in [1.165, 1.54) is 33.2 Å². The topological polar surface area (TPSA) is 31.4 Å². The molecule has 3 nitrogen and oxygen atoms in total. The normalized spacial score (nSPS) is 13.9. The van der Waals surface area contributed by atoms with E-state index in [4.69, 9.17) is 5.10 Å². The van der Waals surface area contributed by atoms with Crippen molar-refractivity contribution in [3.63, 3.8) is 0 Å². The van der Waals surface area contributed by atoms with Crippen LogP contribution in [0.5, 0.6) is 0 Å². The summed E-state index contributed by atoms with van der Waals surface area (Å²) in [5, 5.41) is 9.53. The summed E-state index contributed by atoms with van der Waals surface area (Å²) < 4.78 is 0. The second-order valence-electron chi connectivity index (χ2n) is 8.09. The minimum atomic E-state index is 0.951. The second-order valence-corrected chi connectivity index (χ2v) is 8.09. The second kappa shape index (κ2) is 7.44. The van der Waals surface area contributed by atoms with Crippen LogP contribution in [0.25, 0.3) is 32.9 Å². The number of fused-ring (bicyclic) bond motifs is 4. The molecule has 1 N–H and O–H groups in total. The van der Waals surface area contributed by atoms with Crippen LogP contribution in [0.3, 0.4) is 0 Å². The third kappa shape index (κ3) is 3.10. The Morgan fingerprint density at radius 1 is 0.806 bits per heavy atom. The Balaban J connectivity index is 1.51. The van der Waals surface area contributed by atoms with Crippen molar-refractivity contribution >= 4 is 33.7 Å². The van der Waals surface area contributed by atoms with E-state index in [1.54, 1.807) is 0 Å². The lowest BCUT2D eigenvalue weighted by atomic mass is 9.99. The molecule has 0 amide bonds. The average Bonchev–Trinajstić information content (AvgIpc) is 3.23. The number of nitrogens with one attached hydrogen (secondary N) is 1. The van der Waals surface area contributed by atoms with Gasteiger partial charge in [-0.3, -0.25) is 5.01 Å². The van der Waals surface area contributed by atoms with E-state index in [1.807, 2.05) is 6.21 Å². The van der Waals surface area contributed by atoms with Crippen molar-refractivity contribution in [3.05, 3.63) is 102 Å². The van der Waals surface area contributed by atoms with Crippen LogP contribution in [0, 0.1) is 0 Å². The van der Waals surface area contributed by atoms with Gasteiger partial charge >= 0.3 is 0 Å². The highest BCUT2D eigenvalue weighted by atomic mass is 15.5. The van der Waals surface area contributed by atoms with E-state index in [9.17, 15) is 0 Å². The number of hydrazone groups is 1. The molecule has 0 saturated carbocycles. The van der Waals surface area contributed by atoms with Gasteiger partial charge in [0, 0.05) is 34.0 Å². The zero-order valence-electron chi connectivity index (χ0n) is 17.3. The highest BCUT2D eigenvalue weighted by Crippen LogP contribution is 2.35. The Bertz CT molecular complexity index is 1410. The number of aryl methyl sites for hydroxylation is 1. The van der Waals surface area contributed by atoms with Crippen LogP contribution in [0.4, 0.5) is 5.69 Å². The molecule has 0 spiro atoms. The van der Waals surface area contributed by atoms with Crippen molar-refractivity contribution in [1.82, 2.24) is 4.98 Å². The molecule has 150 valence electrons. The third-order valence-electron chi connectivity index (χ3n) is 6.20. The molecule has 31 heavy (non-hydrogen) atoms. The van der Waals surface area contributed by atoms with Crippen molar-refractivity contribution in [2.45, 2.75) is 12.8 Å². The largest absolute Gasteiger partial charge is 0.354 e. The fourth-order valence-corrected chi connectivity index (χ4v) is 4.72. The van der Waals surface area contributed by atoms with Crippen LogP contribution in [0.1, 0.15) is 17.5 Å². The molecule has 4 aromatic carbocycles. The van der Waals surface area contributed by atoms with Crippen molar-refractivity contribution in [2.75, 3.05) is 11.6 Å². The number of rotatable bonds is 3. The fraction of sp³-hybridized carbons (Fsp3) is 0.107. The quantitative estimate of drug-likeness (QED) is 0.332. The van der Waals surface area contributed by atoms with Crippen molar-refractivity contribution in [1.29, 1.82) is 0 Å². The third-order valence-corrected chi connectivity index (χ3v) is 6.20. The summed E-state index contributed by atoms with van der Waals surface area (Å²) in [6.45, 7) is 0.951. The summed E-state index contributed by atoms with van der Waals surface area (Å²) in [5.41, 5.74) is 8.48. The molecule has 0 saturated heterocycles. The predicted molar refractivity (Wildman–Crippen MR) is 131 cm³/mol. The summed E-state index contributed by atoms with van der Waals surface area (Å²) in [7, 11) is 0. The molecule has 1 aliphatic heterocycles.